The average molecular weight is 340 g/mol. The third-order valence-electron chi connectivity index (χ3n) is 2.99. The number of aliphatic hydroxyl groups excluding tert-OH is 1. The second-order valence-corrected chi connectivity index (χ2v) is 6.21. The Morgan fingerprint density at radius 1 is 1.24 bits per heavy atom. The van der Waals surface area contributed by atoms with Gasteiger partial charge in [0.15, 0.2) is 0 Å². The second kappa shape index (κ2) is 7.85. The molecule has 0 aliphatic heterocycles. The summed E-state index contributed by atoms with van der Waals surface area (Å²) in [7, 11) is 0. The van der Waals surface area contributed by atoms with Gasteiger partial charge in [-0.25, -0.2) is 0 Å². The molecule has 0 radical (unpaired) electrons. The number of benzene rings is 1. The van der Waals surface area contributed by atoms with E-state index in [4.69, 9.17) is 23.2 Å². The summed E-state index contributed by atoms with van der Waals surface area (Å²) in [6.07, 6.45) is 4.09. The standard InChI is InChI=1S/C16H15Cl2NOS/c1-2-8-21-16-13(17)6-5-11(15(16)18)9-14-12(10-20)4-3-7-19-14/h2-7,20H,1,8-10H2. The lowest BCUT2D eigenvalue weighted by molar-refractivity contribution is 0.280. The second-order valence-electron chi connectivity index (χ2n) is 4.39. The minimum Gasteiger partial charge on any atom is -0.392 e. The van der Waals surface area contributed by atoms with E-state index in [-0.39, 0.29) is 6.61 Å². The highest BCUT2D eigenvalue weighted by atomic mass is 35.5. The molecule has 1 aromatic carbocycles. The van der Waals surface area contributed by atoms with E-state index in [1.54, 1.807) is 18.0 Å². The number of nitrogens with zero attached hydrogens (tertiary/aromatic N) is 1. The van der Waals surface area contributed by atoms with Crippen LogP contribution in [0.2, 0.25) is 10.0 Å². The molecular formula is C16H15Cl2NOS. The molecule has 0 unspecified atom stereocenters. The Bertz CT molecular complexity index is 646. The van der Waals surface area contributed by atoms with Crippen LogP contribution in [0.15, 0.2) is 48.0 Å². The van der Waals surface area contributed by atoms with Crippen molar-refractivity contribution in [3.8, 4) is 0 Å². The smallest absolute Gasteiger partial charge is 0.0699 e. The van der Waals surface area contributed by atoms with Gasteiger partial charge in [-0.3, -0.25) is 4.98 Å². The minimum absolute atomic E-state index is 0.0353. The summed E-state index contributed by atoms with van der Waals surface area (Å²) in [6.45, 7) is 3.67. The topological polar surface area (TPSA) is 33.1 Å². The van der Waals surface area contributed by atoms with Crippen LogP contribution in [-0.2, 0) is 13.0 Å². The van der Waals surface area contributed by atoms with Crippen molar-refractivity contribution < 1.29 is 5.11 Å². The lowest BCUT2D eigenvalue weighted by Gasteiger charge is -2.12. The molecule has 0 bridgehead atoms. The molecule has 2 rings (SSSR count). The SMILES string of the molecule is C=CCSc1c(Cl)ccc(Cc2ncccc2CO)c1Cl. The molecule has 1 N–H and O–H groups in total. The summed E-state index contributed by atoms with van der Waals surface area (Å²) in [4.78, 5) is 5.18. The summed E-state index contributed by atoms with van der Waals surface area (Å²) in [5.74, 6) is 0.744. The molecule has 0 spiro atoms. The van der Waals surface area contributed by atoms with Gasteiger partial charge in [0.25, 0.3) is 0 Å². The number of hydrogen-bond donors (Lipinski definition) is 1. The molecule has 0 aliphatic rings. The van der Waals surface area contributed by atoms with Gasteiger partial charge < -0.3 is 5.11 Å². The third-order valence-corrected chi connectivity index (χ3v) is 5.07. The molecular weight excluding hydrogens is 325 g/mol. The molecule has 0 amide bonds. The van der Waals surface area contributed by atoms with Gasteiger partial charge in [-0.15, -0.1) is 18.3 Å². The van der Waals surface area contributed by atoms with E-state index in [0.29, 0.717) is 16.5 Å². The molecule has 0 fully saturated rings. The molecule has 1 heterocycles. The average Bonchev–Trinajstić information content (AvgIpc) is 2.50. The number of aromatic nitrogens is 1. The van der Waals surface area contributed by atoms with Crippen LogP contribution in [0.4, 0.5) is 0 Å². The van der Waals surface area contributed by atoms with Gasteiger partial charge in [-0.1, -0.05) is 41.4 Å². The Labute approximate surface area is 138 Å². The van der Waals surface area contributed by atoms with Crippen molar-refractivity contribution in [2.24, 2.45) is 0 Å². The maximum absolute atomic E-state index is 9.37. The maximum atomic E-state index is 9.37. The largest absolute Gasteiger partial charge is 0.392 e. The molecule has 0 atom stereocenters. The molecule has 0 saturated carbocycles. The van der Waals surface area contributed by atoms with Gasteiger partial charge in [-0.2, -0.15) is 0 Å². The van der Waals surface area contributed by atoms with E-state index in [1.807, 2.05) is 30.3 Å². The van der Waals surface area contributed by atoms with Gasteiger partial charge in [-0.05, 0) is 23.3 Å². The zero-order valence-electron chi connectivity index (χ0n) is 11.4. The number of halogens is 2. The molecule has 0 aliphatic carbocycles. The Balaban J connectivity index is 2.34. The Morgan fingerprint density at radius 3 is 2.76 bits per heavy atom. The van der Waals surface area contributed by atoms with Gasteiger partial charge in [0.05, 0.1) is 22.3 Å². The first-order valence-corrected chi connectivity index (χ1v) is 8.15. The highest BCUT2D eigenvalue weighted by Gasteiger charge is 2.13. The van der Waals surface area contributed by atoms with Gasteiger partial charge >= 0.3 is 0 Å². The summed E-state index contributed by atoms with van der Waals surface area (Å²) in [5, 5.41) is 10.7. The first kappa shape index (κ1) is 16.4. The molecule has 21 heavy (non-hydrogen) atoms. The van der Waals surface area contributed by atoms with Crippen molar-refractivity contribution in [3.05, 3.63) is 70.0 Å². The number of thioether (sulfide) groups is 1. The monoisotopic (exact) mass is 339 g/mol. The highest BCUT2D eigenvalue weighted by molar-refractivity contribution is 7.99. The Morgan fingerprint density at radius 2 is 2.05 bits per heavy atom. The minimum atomic E-state index is -0.0353. The van der Waals surface area contributed by atoms with E-state index in [2.05, 4.69) is 11.6 Å². The number of rotatable bonds is 6. The number of hydrogen-bond acceptors (Lipinski definition) is 3. The fourth-order valence-electron chi connectivity index (χ4n) is 1.94. The first-order valence-electron chi connectivity index (χ1n) is 6.41. The summed E-state index contributed by atoms with van der Waals surface area (Å²) in [5.41, 5.74) is 2.58. The van der Waals surface area contributed by atoms with Crippen molar-refractivity contribution in [2.75, 3.05) is 5.75 Å². The van der Waals surface area contributed by atoms with E-state index in [1.165, 1.54) is 0 Å². The van der Waals surface area contributed by atoms with Crippen LogP contribution in [0.5, 0.6) is 0 Å². The van der Waals surface area contributed by atoms with E-state index < -0.39 is 0 Å². The lowest BCUT2D eigenvalue weighted by atomic mass is 10.1. The van der Waals surface area contributed by atoms with Gasteiger partial charge in [0.2, 0.25) is 0 Å². The molecule has 0 saturated heterocycles. The summed E-state index contributed by atoms with van der Waals surface area (Å²) >= 11 is 14.2. The van der Waals surface area contributed by atoms with Crippen molar-refractivity contribution in [3.63, 3.8) is 0 Å². The predicted molar refractivity (Wildman–Crippen MR) is 90.3 cm³/mol. The maximum Gasteiger partial charge on any atom is 0.0699 e. The molecule has 110 valence electrons. The van der Waals surface area contributed by atoms with Crippen LogP contribution < -0.4 is 0 Å². The summed E-state index contributed by atoms with van der Waals surface area (Å²) in [6, 6.07) is 7.41. The quantitative estimate of drug-likeness (QED) is 0.608. The van der Waals surface area contributed by atoms with Gasteiger partial charge in [0, 0.05) is 23.3 Å². The zero-order chi connectivity index (χ0) is 15.2. The molecule has 2 aromatic rings. The van der Waals surface area contributed by atoms with Crippen molar-refractivity contribution in [1.29, 1.82) is 0 Å². The molecule has 2 nitrogen and oxygen atoms in total. The van der Waals surface area contributed by atoms with Gasteiger partial charge in [0.1, 0.15) is 0 Å². The number of pyridine rings is 1. The lowest BCUT2D eigenvalue weighted by Crippen LogP contribution is -2.00. The van der Waals surface area contributed by atoms with E-state index >= 15 is 0 Å². The van der Waals surface area contributed by atoms with Crippen molar-refractivity contribution >= 4 is 35.0 Å². The Kier molecular flexibility index (Phi) is 6.12. The van der Waals surface area contributed by atoms with Crippen LogP contribution in [0.25, 0.3) is 0 Å². The van der Waals surface area contributed by atoms with Crippen LogP contribution in [0.1, 0.15) is 16.8 Å². The molecule has 5 heteroatoms. The summed E-state index contributed by atoms with van der Waals surface area (Å²) < 4.78 is 0. The third kappa shape index (κ3) is 4.01. The van der Waals surface area contributed by atoms with Crippen LogP contribution in [0.3, 0.4) is 0 Å². The predicted octanol–water partition coefficient (Wildman–Crippen LogP) is 4.75. The fourth-order valence-corrected chi connectivity index (χ4v) is 3.45. The first-order chi connectivity index (χ1) is 10.2. The fraction of sp³-hybridized carbons (Fsp3) is 0.188. The van der Waals surface area contributed by atoms with E-state index in [9.17, 15) is 5.11 Å². The van der Waals surface area contributed by atoms with Crippen molar-refractivity contribution in [2.45, 2.75) is 17.9 Å². The normalized spacial score (nSPS) is 10.6. The Hall–Kier alpha value is -1.00. The van der Waals surface area contributed by atoms with Crippen LogP contribution in [-0.4, -0.2) is 15.8 Å². The highest BCUT2D eigenvalue weighted by Crippen LogP contribution is 2.37. The van der Waals surface area contributed by atoms with Crippen LogP contribution >= 0.6 is 35.0 Å². The van der Waals surface area contributed by atoms with Crippen molar-refractivity contribution in [1.82, 2.24) is 4.98 Å². The number of aliphatic hydroxyl groups is 1. The van der Waals surface area contributed by atoms with E-state index in [0.717, 1.165) is 27.5 Å². The molecule has 1 aromatic heterocycles. The van der Waals surface area contributed by atoms with Crippen LogP contribution in [0, 0.1) is 0 Å². The zero-order valence-corrected chi connectivity index (χ0v) is 13.7.